The number of ether oxygens (including phenoxy) is 1. The van der Waals surface area contributed by atoms with E-state index in [0.29, 0.717) is 16.5 Å². The Balaban J connectivity index is 1.90. The first-order chi connectivity index (χ1) is 10.6. The van der Waals surface area contributed by atoms with Crippen LogP contribution in [0.3, 0.4) is 0 Å². The van der Waals surface area contributed by atoms with Crippen LogP contribution in [-0.2, 0) is 16.1 Å². The first-order valence-corrected chi connectivity index (χ1v) is 6.95. The number of methoxy groups -OCH3 is 1. The predicted octanol–water partition coefficient (Wildman–Crippen LogP) is 0.462. The SMILES string of the molecule is COC(=O)c1ccc2c(=O)n(CC(=O)NC3CC3)cnc2c1. The second kappa shape index (κ2) is 5.59. The zero-order valence-corrected chi connectivity index (χ0v) is 12.0. The molecule has 1 fully saturated rings. The van der Waals surface area contributed by atoms with Crippen molar-refractivity contribution in [1.82, 2.24) is 14.9 Å². The minimum Gasteiger partial charge on any atom is -0.465 e. The van der Waals surface area contributed by atoms with Gasteiger partial charge in [-0.05, 0) is 31.0 Å². The maximum atomic E-state index is 12.3. The minimum absolute atomic E-state index is 0.0585. The molecule has 7 heteroatoms. The van der Waals surface area contributed by atoms with Crippen molar-refractivity contribution in [3.8, 4) is 0 Å². The van der Waals surface area contributed by atoms with E-state index in [2.05, 4.69) is 15.0 Å². The van der Waals surface area contributed by atoms with E-state index in [1.807, 2.05) is 0 Å². The first kappa shape index (κ1) is 14.2. The van der Waals surface area contributed by atoms with E-state index in [0.717, 1.165) is 12.8 Å². The van der Waals surface area contributed by atoms with Gasteiger partial charge in [-0.2, -0.15) is 0 Å². The summed E-state index contributed by atoms with van der Waals surface area (Å²) in [4.78, 5) is 39.7. The number of carbonyl (C=O) groups excluding carboxylic acids is 2. The molecule has 1 N–H and O–H groups in total. The number of aromatic nitrogens is 2. The third-order valence-electron chi connectivity index (χ3n) is 3.50. The van der Waals surface area contributed by atoms with Crippen molar-refractivity contribution in [2.75, 3.05) is 7.11 Å². The van der Waals surface area contributed by atoms with Crippen LogP contribution in [0.25, 0.3) is 10.9 Å². The fourth-order valence-corrected chi connectivity index (χ4v) is 2.17. The lowest BCUT2D eigenvalue weighted by atomic mass is 10.1. The maximum absolute atomic E-state index is 12.3. The van der Waals surface area contributed by atoms with Crippen molar-refractivity contribution >= 4 is 22.8 Å². The molecule has 0 unspecified atom stereocenters. The van der Waals surface area contributed by atoms with E-state index in [1.165, 1.54) is 36.2 Å². The molecule has 1 amide bonds. The van der Waals surface area contributed by atoms with Crippen LogP contribution in [0.1, 0.15) is 23.2 Å². The molecule has 0 saturated heterocycles. The van der Waals surface area contributed by atoms with Gasteiger partial charge in [0.2, 0.25) is 5.91 Å². The van der Waals surface area contributed by atoms with Crippen molar-refractivity contribution in [3.63, 3.8) is 0 Å². The summed E-state index contributed by atoms with van der Waals surface area (Å²) in [5.41, 5.74) is 0.408. The van der Waals surface area contributed by atoms with Gasteiger partial charge in [0.05, 0.1) is 29.9 Å². The van der Waals surface area contributed by atoms with Crippen LogP contribution in [0, 0.1) is 0 Å². The molecule has 22 heavy (non-hydrogen) atoms. The first-order valence-electron chi connectivity index (χ1n) is 6.95. The second-order valence-electron chi connectivity index (χ2n) is 5.24. The highest BCUT2D eigenvalue weighted by Gasteiger charge is 2.23. The highest BCUT2D eigenvalue weighted by Crippen LogP contribution is 2.18. The monoisotopic (exact) mass is 301 g/mol. The number of benzene rings is 1. The summed E-state index contributed by atoms with van der Waals surface area (Å²) in [5.74, 6) is -0.686. The van der Waals surface area contributed by atoms with Gasteiger partial charge in [-0.1, -0.05) is 0 Å². The summed E-state index contributed by atoms with van der Waals surface area (Å²) in [6.07, 6.45) is 3.30. The highest BCUT2D eigenvalue weighted by atomic mass is 16.5. The van der Waals surface area contributed by atoms with Crippen LogP contribution in [0.2, 0.25) is 0 Å². The normalized spacial score (nSPS) is 13.9. The Morgan fingerprint density at radius 1 is 1.41 bits per heavy atom. The smallest absolute Gasteiger partial charge is 0.337 e. The van der Waals surface area contributed by atoms with Crippen molar-refractivity contribution in [3.05, 3.63) is 40.4 Å². The van der Waals surface area contributed by atoms with E-state index in [-0.39, 0.29) is 24.1 Å². The van der Waals surface area contributed by atoms with Gasteiger partial charge in [-0.15, -0.1) is 0 Å². The number of esters is 1. The standard InChI is InChI=1S/C15H15N3O4/c1-22-15(21)9-2-5-11-12(6-9)16-8-18(14(11)20)7-13(19)17-10-3-4-10/h2,5-6,8,10H,3-4,7H2,1H3,(H,17,19). The van der Waals surface area contributed by atoms with Gasteiger partial charge in [0, 0.05) is 6.04 Å². The third-order valence-corrected chi connectivity index (χ3v) is 3.50. The summed E-state index contributed by atoms with van der Waals surface area (Å²) in [7, 11) is 1.29. The van der Waals surface area contributed by atoms with Crippen molar-refractivity contribution in [1.29, 1.82) is 0 Å². The van der Waals surface area contributed by atoms with Crippen molar-refractivity contribution < 1.29 is 14.3 Å². The Hall–Kier alpha value is -2.70. The van der Waals surface area contributed by atoms with Gasteiger partial charge in [-0.3, -0.25) is 14.2 Å². The van der Waals surface area contributed by atoms with Crippen LogP contribution >= 0.6 is 0 Å². The molecule has 1 aromatic carbocycles. The van der Waals surface area contributed by atoms with E-state index in [1.54, 1.807) is 0 Å². The Morgan fingerprint density at radius 3 is 2.86 bits per heavy atom. The molecule has 0 atom stereocenters. The number of rotatable bonds is 4. The quantitative estimate of drug-likeness (QED) is 0.829. The molecule has 1 aliphatic carbocycles. The lowest BCUT2D eigenvalue weighted by Gasteiger charge is -2.07. The number of carbonyl (C=O) groups is 2. The molecule has 1 aliphatic rings. The minimum atomic E-state index is -0.489. The molecule has 114 valence electrons. The highest BCUT2D eigenvalue weighted by molar-refractivity contribution is 5.94. The van der Waals surface area contributed by atoms with Gasteiger partial charge in [0.25, 0.3) is 5.56 Å². The Bertz CT molecular complexity index is 808. The lowest BCUT2D eigenvalue weighted by Crippen LogP contribution is -2.33. The van der Waals surface area contributed by atoms with Crippen LogP contribution in [0.4, 0.5) is 0 Å². The molecule has 1 saturated carbocycles. The van der Waals surface area contributed by atoms with Gasteiger partial charge in [0.15, 0.2) is 0 Å². The number of hydrogen-bond acceptors (Lipinski definition) is 5. The maximum Gasteiger partial charge on any atom is 0.337 e. The summed E-state index contributed by atoms with van der Waals surface area (Å²) in [6, 6.07) is 4.77. The number of hydrogen-bond donors (Lipinski definition) is 1. The third kappa shape index (κ3) is 2.83. The van der Waals surface area contributed by atoms with Crippen LogP contribution in [0.15, 0.2) is 29.3 Å². The molecule has 0 aliphatic heterocycles. The number of fused-ring (bicyclic) bond motifs is 1. The molecule has 7 nitrogen and oxygen atoms in total. The topological polar surface area (TPSA) is 90.3 Å². The van der Waals surface area contributed by atoms with E-state index in [4.69, 9.17) is 0 Å². The van der Waals surface area contributed by atoms with Crippen molar-refractivity contribution in [2.24, 2.45) is 0 Å². The molecule has 1 aromatic heterocycles. The van der Waals surface area contributed by atoms with Gasteiger partial charge >= 0.3 is 5.97 Å². The molecule has 0 spiro atoms. The number of nitrogens with zero attached hydrogens (tertiary/aromatic N) is 2. The Labute approximate surface area is 125 Å². The van der Waals surface area contributed by atoms with E-state index >= 15 is 0 Å². The molecule has 0 radical (unpaired) electrons. The molecule has 2 aromatic rings. The molecule has 3 rings (SSSR count). The zero-order valence-electron chi connectivity index (χ0n) is 12.0. The van der Waals surface area contributed by atoms with Gasteiger partial charge < -0.3 is 10.1 Å². The van der Waals surface area contributed by atoms with Crippen molar-refractivity contribution in [2.45, 2.75) is 25.4 Å². The van der Waals surface area contributed by atoms with Crippen LogP contribution in [0.5, 0.6) is 0 Å². The molecular formula is C15H15N3O4. The zero-order chi connectivity index (χ0) is 15.7. The Kier molecular flexibility index (Phi) is 3.62. The number of nitrogens with one attached hydrogen (secondary N) is 1. The average Bonchev–Trinajstić information content (AvgIpc) is 3.32. The molecule has 0 bridgehead atoms. The molecular weight excluding hydrogens is 286 g/mol. The summed E-state index contributed by atoms with van der Waals surface area (Å²) < 4.78 is 5.89. The van der Waals surface area contributed by atoms with Crippen LogP contribution in [-0.4, -0.2) is 34.6 Å². The molecule has 1 heterocycles. The summed E-state index contributed by atoms with van der Waals surface area (Å²) in [5, 5.41) is 3.18. The second-order valence-corrected chi connectivity index (χ2v) is 5.24. The van der Waals surface area contributed by atoms with Gasteiger partial charge in [0.1, 0.15) is 6.54 Å². The Morgan fingerprint density at radius 2 is 2.18 bits per heavy atom. The predicted molar refractivity (Wildman–Crippen MR) is 78.5 cm³/mol. The summed E-state index contributed by atoms with van der Waals surface area (Å²) in [6.45, 7) is -0.0585. The fourth-order valence-electron chi connectivity index (χ4n) is 2.17. The fraction of sp³-hybridized carbons (Fsp3) is 0.333. The lowest BCUT2D eigenvalue weighted by molar-refractivity contribution is -0.121. The van der Waals surface area contributed by atoms with E-state index < -0.39 is 5.97 Å². The van der Waals surface area contributed by atoms with Gasteiger partial charge in [-0.25, -0.2) is 9.78 Å². The summed E-state index contributed by atoms with van der Waals surface area (Å²) >= 11 is 0. The largest absolute Gasteiger partial charge is 0.465 e. The number of amides is 1. The van der Waals surface area contributed by atoms with Crippen LogP contribution < -0.4 is 10.9 Å². The van der Waals surface area contributed by atoms with E-state index in [9.17, 15) is 14.4 Å². The average molecular weight is 301 g/mol.